The third-order valence-electron chi connectivity index (χ3n) is 4.26. The van der Waals surface area contributed by atoms with Gasteiger partial charge in [0.1, 0.15) is 0 Å². The zero-order valence-corrected chi connectivity index (χ0v) is 12.9. The zero-order valence-electron chi connectivity index (χ0n) is 12.9. The van der Waals surface area contributed by atoms with Gasteiger partial charge in [-0.3, -0.25) is 4.79 Å². The summed E-state index contributed by atoms with van der Waals surface area (Å²) in [6.45, 7) is 15.1. The Hall–Kier alpha value is -0.830. The van der Waals surface area contributed by atoms with E-state index in [1.54, 1.807) is 6.08 Å². The van der Waals surface area contributed by atoms with Gasteiger partial charge in [0.05, 0.1) is 13.2 Å². The molecule has 0 saturated carbocycles. The normalized spacial score (nSPS) is 24.0. The molecular weight excluding hydrogens is 238 g/mol. The first-order chi connectivity index (χ1) is 8.93. The molecule has 1 rings (SSSR count). The van der Waals surface area contributed by atoms with Crippen molar-refractivity contribution in [2.45, 2.75) is 40.5 Å². The van der Waals surface area contributed by atoms with Gasteiger partial charge in [0.15, 0.2) is 0 Å². The Morgan fingerprint density at radius 2 is 2.11 bits per heavy atom. The molecule has 0 aromatic carbocycles. The molecule has 0 radical (unpaired) electrons. The third-order valence-corrected chi connectivity index (χ3v) is 4.26. The predicted molar refractivity (Wildman–Crippen MR) is 78.9 cm³/mol. The van der Waals surface area contributed by atoms with E-state index < -0.39 is 0 Å². The van der Waals surface area contributed by atoms with Crippen LogP contribution in [0.15, 0.2) is 12.7 Å². The molecule has 1 heterocycles. The molecule has 1 amide bonds. The van der Waals surface area contributed by atoms with E-state index >= 15 is 0 Å². The first kappa shape index (κ1) is 16.2. The molecule has 0 spiro atoms. The van der Waals surface area contributed by atoms with E-state index in [-0.39, 0.29) is 17.2 Å². The minimum atomic E-state index is 0.0806. The van der Waals surface area contributed by atoms with Crippen molar-refractivity contribution in [3.63, 3.8) is 0 Å². The van der Waals surface area contributed by atoms with E-state index in [4.69, 9.17) is 4.74 Å². The van der Waals surface area contributed by atoms with Gasteiger partial charge in [-0.15, -0.1) is 6.58 Å². The van der Waals surface area contributed by atoms with E-state index in [9.17, 15) is 4.79 Å². The van der Waals surface area contributed by atoms with Crippen LogP contribution in [0.3, 0.4) is 0 Å². The van der Waals surface area contributed by atoms with Gasteiger partial charge in [-0.25, -0.2) is 0 Å². The first-order valence-corrected chi connectivity index (χ1v) is 7.40. The number of likely N-dealkylation sites (tertiary alicyclic amines) is 1. The zero-order chi connectivity index (χ0) is 14.5. The van der Waals surface area contributed by atoms with Crippen molar-refractivity contribution in [3.05, 3.63) is 12.7 Å². The number of nitrogens with zero attached hydrogens (tertiary/aromatic N) is 1. The summed E-state index contributed by atoms with van der Waals surface area (Å²) in [6, 6.07) is 0. The molecule has 1 aliphatic rings. The Kier molecular flexibility index (Phi) is 6.05. The fraction of sp³-hybridized carbons (Fsp3) is 0.812. The molecule has 0 bridgehead atoms. The predicted octanol–water partition coefficient (Wildman–Crippen LogP) is 3.11. The smallest absolute Gasteiger partial charge is 0.225 e. The van der Waals surface area contributed by atoms with Crippen LogP contribution < -0.4 is 0 Å². The summed E-state index contributed by atoms with van der Waals surface area (Å²) in [7, 11) is 0. The highest BCUT2D eigenvalue weighted by Gasteiger charge is 2.40. The maximum atomic E-state index is 12.2. The molecule has 3 nitrogen and oxygen atoms in total. The van der Waals surface area contributed by atoms with Crippen LogP contribution in [-0.2, 0) is 9.53 Å². The monoisotopic (exact) mass is 267 g/mol. The van der Waals surface area contributed by atoms with Crippen LogP contribution in [0.4, 0.5) is 0 Å². The first-order valence-electron chi connectivity index (χ1n) is 7.40. The van der Waals surface area contributed by atoms with E-state index in [1.807, 2.05) is 18.7 Å². The summed E-state index contributed by atoms with van der Waals surface area (Å²) in [5.74, 6) is 0.866. The molecule has 0 aliphatic carbocycles. The van der Waals surface area contributed by atoms with Crippen LogP contribution in [0.2, 0.25) is 0 Å². The molecule has 3 heteroatoms. The Morgan fingerprint density at radius 3 is 2.63 bits per heavy atom. The van der Waals surface area contributed by atoms with E-state index in [1.165, 1.54) is 0 Å². The Morgan fingerprint density at radius 1 is 1.42 bits per heavy atom. The summed E-state index contributed by atoms with van der Waals surface area (Å²) in [5, 5.41) is 0. The Bertz CT molecular complexity index is 312. The summed E-state index contributed by atoms with van der Waals surface area (Å²) < 4.78 is 5.72. The molecule has 0 N–H and O–H groups in total. The maximum absolute atomic E-state index is 12.2. The van der Waals surface area contributed by atoms with Crippen LogP contribution in [0, 0.1) is 17.3 Å². The van der Waals surface area contributed by atoms with Crippen molar-refractivity contribution in [3.8, 4) is 0 Å². The van der Waals surface area contributed by atoms with Crippen LogP contribution >= 0.6 is 0 Å². The van der Waals surface area contributed by atoms with Gasteiger partial charge in [-0.2, -0.15) is 0 Å². The summed E-state index contributed by atoms with van der Waals surface area (Å²) >= 11 is 0. The average Bonchev–Trinajstić information content (AvgIpc) is 2.38. The van der Waals surface area contributed by atoms with E-state index in [2.05, 4.69) is 20.4 Å². The second-order valence-corrected chi connectivity index (χ2v) is 6.34. The number of ether oxygens (including phenoxy) is 1. The molecule has 1 aliphatic heterocycles. The largest absolute Gasteiger partial charge is 0.377 e. The number of carbonyl (C=O) groups is 1. The van der Waals surface area contributed by atoms with E-state index in [0.29, 0.717) is 12.5 Å². The van der Waals surface area contributed by atoms with Crippen molar-refractivity contribution in [2.24, 2.45) is 17.3 Å². The minimum absolute atomic E-state index is 0.0806. The molecule has 0 unspecified atom stereocenters. The fourth-order valence-electron chi connectivity index (χ4n) is 2.81. The fourth-order valence-corrected chi connectivity index (χ4v) is 2.81. The lowest BCUT2D eigenvalue weighted by atomic mass is 9.71. The van der Waals surface area contributed by atoms with Gasteiger partial charge >= 0.3 is 0 Å². The highest BCUT2D eigenvalue weighted by Crippen LogP contribution is 2.38. The Balaban J connectivity index is 2.74. The second-order valence-electron chi connectivity index (χ2n) is 6.34. The van der Waals surface area contributed by atoms with Crippen molar-refractivity contribution in [1.82, 2.24) is 4.90 Å². The summed E-state index contributed by atoms with van der Waals surface area (Å²) in [4.78, 5) is 14.2. The molecule has 0 aromatic rings. The van der Waals surface area contributed by atoms with Crippen molar-refractivity contribution in [2.75, 3.05) is 26.3 Å². The van der Waals surface area contributed by atoms with Crippen molar-refractivity contribution < 1.29 is 9.53 Å². The highest BCUT2D eigenvalue weighted by molar-refractivity contribution is 5.78. The van der Waals surface area contributed by atoms with Gasteiger partial charge in [0.25, 0.3) is 0 Å². The molecule has 110 valence electrons. The van der Waals surface area contributed by atoms with Gasteiger partial charge in [0, 0.05) is 24.4 Å². The SMILES string of the molecule is C=CCOC[C@@]1(C(C)C)CCCN(C(=O)C(C)C)C1. The highest BCUT2D eigenvalue weighted by atomic mass is 16.5. The average molecular weight is 267 g/mol. The lowest BCUT2D eigenvalue weighted by molar-refractivity contribution is -0.140. The number of hydrogen-bond acceptors (Lipinski definition) is 2. The molecule has 1 saturated heterocycles. The van der Waals surface area contributed by atoms with Crippen molar-refractivity contribution >= 4 is 5.91 Å². The van der Waals surface area contributed by atoms with Crippen LogP contribution in [0.5, 0.6) is 0 Å². The van der Waals surface area contributed by atoms with Crippen LogP contribution in [0.25, 0.3) is 0 Å². The lowest BCUT2D eigenvalue weighted by Crippen LogP contribution is -2.51. The number of hydrogen-bond donors (Lipinski definition) is 0. The van der Waals surface area contributed by atoms with Gasteiger partial charge in [-0.1, -0.05) is 33.8 Å². The molecule has 19 heavy (non-hydrogen) atoms. The quantitative estimate of drug-likeness (QED) is 0.546. The van der Waals surface area contributed by atoms with E-state index in [0.717, 1.165) is 32.5 Å². The van der Waals surface area contributed by atoms with Gasteiger partial charge in [-0.05, 0) is 18.8 Å². The maximum Gasteiger partial charge on any atom is 0.225 e. The number of rotatable bonds is 6. The van der Waals surface area contributed by atoms with Gasteiger partial charge in [0.2, 0.25) is 5.91 Å². The third kappa shape index (κ3) is 4.07. The second kappa shape index (κ2) is 7.09. The lowest BCUT2D eigenvalue weighted by Gasteiger charge is -2.46. The van der Waals surface area contributed by atoms with Gasteiger partial charge < -0.3 is 9.64 Å². The Labute approximate surface area is 118 Å². The standard InChI is InChI=1S/C16H29NO2/c1-6-10-19-12-16(14(4)5)8-7-9-17(11-16)15(18)13(2)3/h6,13-14H,1,7-12H2,2-5H3/t16-/m1/s1. The molecule has 0 aromatic heterocycles. The van der Waals surface area contributed by atoms with Crippen LogP contribution in [0.1, 0.15) is 40.5 Å². The molecule has 1 atom stereocenters. The molecular formula is C16H29NO2. The van der Waals surface area contributed by atoms with Crippen molar-refractivity contribution in [1.29, 1.82) is 0 Å². The summed E-state index contributed by atoms with van der Waals surface area (Å²) in [5.41, 5.74) is 0.103. The number of carbonyl (C=O) groups excluding carboxylic acids is 1. The molecule has 1 fully saturated rings. The summed E-state index contributed by atoms with van der Waals surface area (Å²) in [6.07, 6.45) is 4.01. The topological polar surface area (TPSA) is 29.5 Å². The number of piperidine rings is 1. The minimum Gasteiger partial charge on any atom is -0.377 e. The number of amides is 1. The van der Waals surface area contributed by atoms with Crippen LogP contribution in [-0.4, -0.2) is 37.1 Å².